The third-order valence-corrected chi connectivity index (χ3v) is 4.38. The second kappa shape index (κ2) is 7.51. The number of hydrogen-bond donors (Lipinski definition) is 1. The molecular formula is C21H15F3N4O2. The second-order valence-electron chi connectivity index (χ2n) is 6.41. The highest BCUT2D eigenvalue weighted by atomic mass is 19.4. The predicted octanol–water partition coefficient (Wildman–Crippen LogP) is 5.01. The van der Waals surface area contributed by atoms with E-state index in [4.69, 9.17) is 4.42 Å². The van der Waals surface area contributed by atoms with Crippen molar-refractivity contribution in [1.82, 2.24) is 14.8 Å². The Hall–Kier alpha value is -3.88. The standard InChI is InChI=1S/C21H15F3N4O2/c1-28-17(15(12-25-28)21(22,23)24)18(29)27-20-16(13-8-4-2-5-9-13)26-19(30-20)14-10-6-3-7-11-14/h2-12H,1H3,(H,27,29). The molecule has 0 aliphatic carbocycles. The van der Waals surface area contributed by atoms with Gasteiger partial charge in [-0.15, -0.1) is 0 Å². The molecule has 0 aliphatic heterocycles. The van der Waals surface area contributed by atoms with Gasteiger partial charge in [0.05, 0.1) is 6.20 Å². The number of benzene rings is 2. The van der Waals surface area contributed by atoms with Gasteiger partial charge < -0.3 is 4.42 Å². The molecule has 0 atom stereocenters. The van der Waals surface area contributed by atoms with E-state index in [1.807, 2.05) is 12.1 Å². The average Bonchev–Trinajstić information content (AvgIpc) is 3.33. The lowest BCUT2D eigenvalue weighted by Crippen LogP contribution is -2.21. The molecule has 9 heteroatoms. The second-order valence-corrected chi connectivity index (χ2v) is 6.41. The molecule has 152 valence electrons. The molecule has 1 amide bonds. The summed E-state index contributed by atoms with van der Waals surface area (Å²) in [7, 11) is 1.26. The molecule has 0 saturated carbocycles. The summed E-state index contributed by atoms with van der Waals surface area (Å²) < 4.78 is 46.4. The maximum absolute atomic E-state index is 13.3. The highest BCUT2D eigenvalue weighted by molar-refractivity contribution is 6.05. The van der Waals surface area contributed by atoms with Crippen LogP contribution in [0.5, 0.6) is 0 Å². The van der Waals surface area contributed by atoms with Gasteiger partial charge in [-0.25, -0.2) is 4.98 Å². The molecule has 0 unspecified atom stereocenters. The van der Waals surface area contributed by atoms with Crippen molar-refractivity contribution in [2.75, 3.05) is 5.32 Å². The van der Waals surface area contributed by atoms with Crippen molar-refractivity contribution in [2.45, 2.75) is 6.18 Å². The molecule has 0 fully saturated rings. The normalized spacial score (nSPS) is 11.5. The van der Waals surface area contributed by atoms with Crippen LogP contribution in [-0.2, 0) is 13.2 Å². The summed E-state index contributed by atoms with van der Waals surface area (Å²) in [6, 6.07) is 17.8. The van der Waals surface area contributed by atoms with Crippen molar-refractivity contribution in [2.24, 2.45) is 7.05 Å². The Balaban J connectivity index is 1.77. The van der Waals surface area contributed by atoms with Crippen molar-refractivity contribution in [3.63, 3.8) is 0 Å². The minimum Gasteiger partial charge on any atom is -0.420 e. The monoisotopic (exact) mass is 412 g/mol. The maximum Gasteiger partial charge on any atom is 0.420 e. The number of anilines is 1. The lowest BCUT2D eigenvalue weighted by atomic mass is 10.1. The summed E-state index contributed by atoms with van der Waals surface area (Å²) in [5.74, 6) is -0.833. The van der Waals surface area contributed by atoms with Crippen LogP contribution in [0.4, 0.5) is 19.1 Å². The largest absolute Gasteiger partial charge is 0.420 e. The molecule has 6 nitrogen and oxygen atoms in total. The van der Waals surface area contributed by atoms with E-state index < -0.39 is 23.3 Å². The Kier molecular flexibility index (Phi) is 4.86. The number of aryl methyl sites for hydroxylation is 1. The quantitative estimate of drug-likeness (QED) is 0.511. The Morgan fingerprint density at radius 2 is 1.60 bits per heavy atom. The van der Waals surface area contributed by atoms with Gasteiger partial charge in [0, 0.05) is 18.2 Å². The minimum atomic E-state index is -4.72. The topological polar surface area (TPSA) is 73.0 Å². The summed E-state index contributed by atoms with van der Waals surface area (Å²) in [6.45, 7) is 0. The smallest absolute Gasteiger partial charge is 0.420 e. The zero-order chi connectivity index (χ0) is 21.3. The van der Waals surface area contributed by atoms with Gasteiger partial charge in [-0.2, -0.15) is 18.3 Å². The number of hydrogen-bond acceptors (Lipinski definition) is 4. The van der Waals surface area contributed by atoms with Gasteiger partial charge in [0.25, 0.3) is 5.91 Å². The molecule has 2 aromatic heterocycles. The summed E-state index contributed by atoms with van der Waals surface area (Å²) >= 11 is 0. The van der Waals surface area contributed by atoms with E-state index in [2.05, 4.69) is 15.4 Å². The Morgan fingerprint density at radius 3 is 2.20 bits per heavy atom. The summed E-state index contributed by atoms with van der Waals surface area (Å²) in [5.41, 5.74) is -0.157. The predicted molar refractivity (Wildman–Crippen MR) is 104 cm³/mol. The number of halogens is 3. The zero-order valence-corrected chi connectivity index (χ0v) is 15.6. The number of alkyl halides is 3. The molecule has 2 aromatic carbocycles. The van der Waals surface area contributed by atoms with E-state index in [1.54, 1.807) is 48.5 Å². The summed E-state index contributed by atoms with van der Waals surface area (Å²) in [5, 5.41) is 5.99. The molecule has 0 bridgehead atoms. The lowest BCUT2D eigenvalue weighted by molar-refractivity contribution is -0.138. The fourth-order valence-electron chi connectivity index (χ4n) is 2.98. The van der Waals surface area contributed by atoms with E-state index in [9.17, 15) is 18.0 Å². The van der Waals surface area contributed by atoms with Crippen LogP contribution in [0.2, 0.25) is 0 Å². The maximum atomic E-state index is 13.3. The van der Waals surface area contributed by atoms with Crippen LogP contribution in [0.25, 0.3) is 22.7 Å². The minimum absolute atomic E-state index is 0.0561. The van der Waals surface area contributed by atoms with Crippen LogP contribution in [0, 0.1) is 0 Å². The Morgan fingerprint density at radius 1 is 1.00 bits per heavy atom. The van der Waals surface area contributed by atoms with Crippen molar-refractivity contribution in [1.29, 1.82) is 0 Å². The SMILES string of the molecule is Cn1ncc(C(F)(F)F)c1C(=O)Nc1oc(-c2ccccc2)nc1-c1ccccc1. The van der Waals surface area contributed by atoms with E-state index in [0.717, 1.165) is 4.68 Å². The van der Waals surface area contributed by atoms with Gasteiger partial charge in [-0.1, -0.05) is 48.5 Å². The van der Waals surface area contributed by atoms with E-state index in [1.165, 1.54) is 7.05 Å². The molecule has 4 rings (SSSR count). The molecule has 0 saturated heterocycles. The fourth-order valence-corrected chi connectivity index (χ4v) is 2.98. The van der Waals surface area contributed by atoms with Crippen LogP contribution in [0.15, 0.2) is 71.3 Å². The van der Waals surface area contributed by atoms with Crippen molar-refractivity contribution in [3.05, 3.63) is 78.1 Å². The number of oxazole rings is 1. The van der Waals surface area contributed by atoms with Crippen LogP contribution >= 0.6 is 0 Å². The van der Waals surface area contributed by atoms with Crippen molar-refractivity contribution >= 4 is 11.8 Å². The van der Waals surface area contributed by atoms with E-state index >= 15 is 0 Å². The van der Waals surface area contributed by atoms with Crippen molar-refractivity contribution in [3.8, 4) is 22.7 Å². The molecule has 2 heterocycles. The van der Waals surface area contributed by atoms with Gasteiger partial charge in [0.15, 0.2) is 0 Å². The molecule has 30 heavy (non-hydrogen) atoms. The molecule has 0 radical (unpaired) electrons. The molecular weight excluding hydrogens is 397 g/mol. The van der Waals surface area contributed by atoms with E-state index in [0.29, 0.717) is 23.0 Å². The Labute approximate surface area is 169 Å². The number of nitrogens with one attached hydrogen (secondary N) is 1. The van der Waals surface area contributed by atoms with Crippen LogP contribution < -0.4 is 5.32 Å². The average molecular weight is 412 g/mol. The highest BCUT2D eigenvalue weighted by Gasteiger charge is 2.38. The van der Waals surface area contributed by atoms with Gasteiger partial charge in [-0.3, -0.25) is 14.8 Å². The number of carbonyl (C=O) groups is 1. The summed E-state index contributed by atoms with van der Waals surface area (Å²) in [6.07, 6.45) is -4.11. The molecule has 0 aliphatic rings. The molecule has 1 N–H and O–H groups in total. The van der Waals surface area contributed by atoms with E-state index in [-0.39, 0.29) is 11.8 Å². The third-order valence-electron chi connectivity index (χ3n) is 4.38. The van der Waals surface area contributed by atoms with Crippen LogP contribution in [0.3, 0.4) is 0 Å². The first-order valence-electron chi connectivity index (χ1n) is 8.87. The number of carbonyl (C=O) groups excluding carboxylic acids is 1. The molecule has 4 aromatic rings. The number of nitrogens with zero attached hydrogens (tertiary/aromatic N) is 3. The number of amides is 1. The lowest BCUT2D eigenvalue weighted by Gasteiger charge is -2.09. The molecule has 0 spiro atoms. The summed E-state index contributed by atoms with van der Waals surface area (Å²) in [4.78, 5) is 17.2. The number of rotatable bonds is 4. The fraction of sp³-hybridized carbons (Fsp3) is 0.0952. The first kappa shape index (κ1) is 19.4. The first-order chi connectivity index (χ1) is 14.3. The van der Waals surface area contributed by atoms with Gasteiger partial charge in [-0.05, 0) is 12.1 Å². The first-order valence-corrected chi connectivity index (χ1v) is 8.87. The van der Waals surface area contributed by atoms with Crippen LogP contribution in [0.1, 0.15) is 16.1 Å². The van der Waals surface area contributed by atoms with Gasteiger partial charge >= 0.3 is 6.18 Å². The van der Waals surface area contributed by atoms with Gasteiger partial charge in [0.2, 0.25) is 11.8 Å². The Bertz CT molecular complexity index is 1180. The zero-order valence-electron chi connectivity index (χ0n) is 15.6. The van der Waals surface area contributed by atoms with Crippen molar-refractivity contribution < 1.29 is 22.4 Å². The van der Waals surface area contributed by atoms with Gasteiger partial charge in [0.1, 0.15) is 17.0 Å². The van der Waals surface area contributed by atoms with Crippen LogP contribution in [-0.4, -0.2) is 20.7 Å². The third kappa shape index (κ3) is 3.69. The number of aromatic nitrogens is 3. The highest BCUT2D eigenvalue weighted by Crippen LogP contribution is 2.35.